The van der Waals surface area contributed by atoms with E-state index in [-0.39, 0.29) is 11.8 Å². The molecule has 84 valence electrons. The lowest BCUT2D eigenvalue weighted by atomic mass is 10.0. The Hall–Kier alpha value is -1.91. The second kappa shape index (κ2) is 3.92. The van der Waals surface area contributed by atoms with Crippen molar-refractivity contribution in [2.24, 2.45) is 11.7 Å². The van der Waals surface area contributed by atoms with Crippen molar-refractivity contribution in [1.29, 1.82) is 0 Å². The zero-order valence-electron chi connectivity index (χ0n) is 9.29. The van der Waals surface area contributed by atoms with E-state index in [0.29, 0.717) is 0 Å². The molecule has 0 aliphatic rings. The van der Waals surface area contributed by atoms with E-state index in [1.165, 1.54) is 0 Å². The molecule has 0 bridgehead atoms. The lowest BCUT2D eigenvalue weighted by molar-refractivity contribution is -0.122. The lowest BCUT2D eigenvalue weighted by Crippen LogP contribution is -2.31. The van der Waals surface area contributed by atoms with Gasteiger partial charge >= 0.3 is 0 Å². The van der Waals surface area contributed by atoms with Gasteiger partial charge in [0.15, 0.2) is 0 Å². The number of carbonyl (C=O) groups excluding carboxylic acids is 1. The normalized spacial score (nSPS) is 13.2. The van der Waals surface area contributed by atoms with Crippen molar-refractivity contribution in [2.75, 3.05) is 0 Å². The summed E-state index contributed by atoms with van der Waals surface area (Å²) in [5.74, 6) is -0.298. The number of fused-ring (bicyclic) bond motifs is 1. The van der Waals surface area contributed by atoms with Gasteiger partial charge in [-0.05, 0) is 18.1 Å². The third kappa shape index (κ3) is 1.64. The SMILES string of the molecule is CC(C)C(C(N)=O)n1nnc2ccccc21. The molecule has 0 saturated carbocycles. The molecule has 2 rings (SSSR count). The van der Waals surface area contributed by atoms with Crippen LogP contribution >= 0.6 is 0 Å². The van der Waals surface area contributed by atoms with Crippen molar-refractivity contribution >= 4 is 16.9 Å². The molecule has 1 atom stereocenters. The molecule has 1 aromatic heterocycles. The third-order valence-corrected chi connectivity index (χ3v) is 2.56. The van der Waals surface area contributed by atoms with Gasteiger partial charge in [-0.15, -0.1) is 5.10 Å². The van der Waals surface area contributed by atoms with Gasteiger partial charge in [0.1, 0.15) is 11.6 Å². The number of benzene rings is 1. The molecule has 1 amide bonds. The average molecular weight is 218 g/mol. The van der Waals surface area contributed by atoms with Gasteiger partial charge in [-0.3, -0.25) is 4.79 Å². The highest BCUT2D eigenvalue weighted by Crippen LogP contribution is 2.21. The van der Waals surface area contributed by atoms with Gasteiger partial charge in [-0.25, -0.2) is 4.68 Å². The Kier molecular flexibility index (Phi) is 2.60. The van der Waals surface area contributed by atoms with Crippen LogP contribution in [-0.4, -0.2) is 20.9 Å². The second-order valence-corrected chi connectivity index (χ2v) is 4.11. The number of aromatic nitrogens is 3. The molecule has 5 heteroatoms. The molecular weight excluding hydrogens is 204 g/mol. The highest BCUT2D eigenvalue weighted by molar-refractivity contribution is 5.82. The standard InChI is InChI=1S/C11H14N4O/c1-7(2)10(11(12)16)15-9-6-4-3-5-8(9)13-14-15/h3-7,10H,1-2H3,(H2,12,16). The maximum Gasteiger partial charge on any atom is 0.242 e. The quantitative estimate of drug-likeness (QED) is 0.838. The zero-order valence-corrected chi connectivity index (χ0v) is 9.29. The fraction of sp³-hybridized carbons (Fsp3) is 0.364. The van der Waals surface area contributed by atoms with E-state index in [0.717, 1.165) is 11.0 Å². The molecule has 0 saturated heterocycles. The third-order valence-electron chi connectivity index (χ3n) is 2.56. The molecule has 2 aromatic rings. The largest absolute Gasteiger partial charge is 0.368 e. The number of nitrogens with two attached hydrogens (primary N) is 1. The first-order valence-electron chi connectivity index (χ1n) is 5.20. The number of nitrogens with zero attached hydrogens (tertiary/aromatic N) is 3. The molecule has 1 unspecified atom stereocenters. The highest BCUT2D eigenvalue weighted by Gasteiger charge is 2.24. The maximum atomic E-state index is 11.4. The van der Waals surface area contributed by atoms with Gasteiger partial charge in [0, 0.05) is 0 Å². The highest BCUT2D eigenvalue weighted by atomic mass is 16.1. The van der Waals surface area contributed by atoms with Crippen molar-refractivity contribution in [3.63, 3.8) is 0 Å². The number of carbonyl (C=O) groups is 1. The minimum absolute atomic E-state index is 0.0857. The van der Waals surface area contributed by atoms with E-state index in [1.807, 2.05) is 38.1 Å². The Morgan fingerprint density at radius 3 is 2.69 bits per heavy atom. The van der Waals surface area contributed by atoms with Crippen LogP contribution in [0.4, 0.5) is 0 Å². The van der Waals surface area contributed by atoms with Gasteiger partial charge < -0.3 is 5.73 Å². The molecule has 0 fully saturated rings. The van der Waals surface area contributed by atoms with E-state index < -0.39 is 6.04 Å². The Balaban J connectivity index is 2.57. The number of para-hydroxylation sites is 1. The zero-order chi connectivity index (χ0) is 11.7. The van der Waals surface area contributed by atoms with Crippen molar-refractivity contribution in [2.45, 2.75) is 19.9 Å². The summed E-state index contributed by atoms with van der Waals surface area (Å²) in [5, 5.41) is 8.01. The van der Waals surface area contributed by atoms with Gasteiger partial charge in [0.05, 0.1) is 5.52 Å². The van der Waals surface area contributed by atoms with Gasteiger partial charge in [-0.1, -0.05) is 31.2 Å². The van der Waals surface area contributed by atoms with E-state index in [9.17, 15) is 4.79 Å². The van der Waals surface area contributed by atoms with Crippen LogP contribution in [0.2, 0.25) is 0 Å². The van der Waals surface area contributed by atoms with E-state index in [2.05, 4.69) is 10.3 Å². The maximum absolute atomic E-state index is 11.4. The van der Waals surface area contributed by atoms with E-state index in [4.69, 9.17) is 5.73 Å². The molecule has 2 N–H and O–H groups in total. The summed E-state index contributed by atoms with van der Waals surface area (Å²) in [6, 6.07) is 7.06. The van der Waals surface area contributed by atoms with E-state index in [1.54, 1.807) is 4.68 Å². The Labute approximate surface area is 93.2 Å². The van der Waals surface area contributed by atoms with Crippen molar-refractivity contribution < 1.29 is 4.79 Å². The van der Waals surface area contributed by atoms with Crippen molar-refractivity contribution in [1.82, 2.24) is 15.0 Å². The summed E-state index contributed by atoms with van der Waals surface area (Å²) < 4.78 is 1.60. The van der Waals surface area contributed by atoms with Crippen LogP contribution in [0.25, 0.3) is 11.0 Å². The Morgan fingerprint density at radius 1 is 1.38 bits per heavy atom. The molecule has 0 radical (unpaired) electrons. The fourth-order valence-electron chi connectivity index (χ4n) is 1.82. The number of rotatable bonds is 3. The smallest absolute Gasteiger partial charge is 0.242 e. The second-order valence-electron chi connectivity index (χ2n) is 4.11. The van der Waals surface area contributed by atoms with Crippen LogP contribution in [0.3, 0.4) is 0 Å². The number of hydrogen-bond acceptors (Lipinski definition) is 3. The van der Waals surface area contributed by atoms with Crippen LogP contribution in [0.15, 0.2) is 24.3 Å². The summed E-state index contributed by atoms with van der Waals surface area (Å²) in [4.78, 5) is 11.4. The van der Waals surface area contributed by atoms with Crippen LogP contribution in [-0.2, 0) is 4.79 Å². The van der Waals surface area contributed by atoms with Crippen molar-refractivity contribution in [3.8, 4) is 0 Å². The van der Waals surface area contributed by atoms with Gasteiger partial charge in [0.2, 0.25) is 5.91 Å². The molecule has 5 nitrogen and oxygen atoms in total. The van der Waals surface area contributed by atoms with Crippen molar-refractivity contribution in [3.05, 3.63) is 24.3 Å². The van der Waals surface area contributed by atoms with Gasteiger partial charge in [0.25, 0.3) is 0 Å². The number of hydrogen-bond donors (Lipinski definition) is 1. The molecule has 0 aliphatic carbocycles. The first-order valence-corrected chi connectivity index (χ1v) is 5.20. The predicted molar refractivity (Wildman–Crippen MR) is 60.6 cm³/mol. The summed E-state index contributed by atoms with van der Waals surface area (Å²) in [5.41, 5.74) is 7.00. The van der Waals surface area contributed by atoms with E-state index >= 15 is 0 Å². The topological polar surface area (TPSA) is 73.8 Å². The van der Waals surface area contributed by atoms with Crippen LogP contribution in [0, 0.1) is 5.92 Å². The minimum Gasteiger partial charge on any atom is -0.368 e. The average Bonchev–Trinajstić information content (AvgIpc) is 2.61. The molecule has 1 aromatic carbocycles. The molecule has 0 aliphatic heterocycles. The minimum atomic E-state index is -0.451. The monoisotopic (exact) mass is 218 g/mol. The molecular formula is C11H14N4O. The first kappa shape index (κ1) is 10.6. The summed E-state index contributed by atoms with van der Waals surface area (Å²) in [7, 11) is 0. The fourth-order valence-corrected chi connectivity index (χ4v) is 1.82. The number of primary amides is 1. The van der Waals surface area contributed by atoms with Gasteiger partial charge in [-0.2, -0.15) is 0 Å². The Morgan fingerprint density at radius 2 is 2.06 bits per heavy atom. The van der Waals surface area contributed by atoms with Crippen LogP contribution in [0.1, 0.15) is 19.9 Å². The molecule has 1 heterocycles. The number of amides is 1. The summed E-state index contributed by atoms with van der Waals surface area (Å²) in [6.07, 6.45) is 0. The first-order chi connectivity index (χ1) is 7.61. The molecule has 16 heavy (non-hydrogen) atoms. The Bertz CT molecular complexity index is 517. The summed E-state index contributed by atoms with van der Waals surface area (Å²) in [6.45, 7) is 3.87. The molecule has 0 spiro atoms. The van der Waals surface area contributed by atoms with Crippen LogP contribution < -0.4 is 5.73 Å². The summed E-state index contributed by atoms with van der Waals surface area (Å²) >= 11 is 0. The lowest BCUT2D eigenvalue weighted by Gasteiger charge is -2.17. The van der Waals surface area contributed by atoms with Crippen LogP contribution in [0.5, 0.6) is 0 Å². The predicted octanol–water partition coefficient (Wildman–Crippen LogP) is 1.11.